The van der Waals surface area contributed by atoms with Crippen molar-refractivity contribution in [1.29, 1.82) is 0 Å². The van der Waals surface area contributed by atoms with Gasteiger partial charge in [0.05, 0.1) is 67.8 Å². The zero-order chi connectivity index (χ0) is 47.4. The molecule has 0 aliphatic carbocycles. The molecule has 2 unspecified atom stereocenters. The number of piperidine rings is 1. The minimum absolute atomic E-state index is 0.179. The first-order valence-electron chi connectivity index (χ1n) is 21.8. The molecule has 18 heteroatoms. The van der Waals surface area contributed by atoms with Crippen LogP contribution in [0.1, 0.15) is 99.9 Å². The predicted molar refractivity (Wildman–Crippen MR) is 249 cm³/mol. The van der Waals surface area contributed by atoms with Gasteiger partial charge in [-0.1, -0.05) is 74.3 Å². The molecule has 3 aliphatic heterocycles. The predicted octanol–water partition coefficient (Wildman–Crippen LogP) is 5.70. The summed E-state index contributed by atoms with van der Waals surface area (Å²) in [6.07, 6.45) is 4.08. The van der Waals surface area contributed by atoms with Crippen molar-refractivity contribution >= 4 is 52.3 Å². The number of carboxylic acids is 1. The Hall–Kier alpha value is -6.47. The van der Waals surface area contributed by atoms with E-state index in [4.69, 9.17) is 30.8 Å². The second kappa shape index (κ2) is 20.2. The molecule has 3 atom stereocenters. The number of fused-ring (bicyclic) bond motifs is 4. The largest absolute Gasteiger partial charge is 0.481 e. The van der Waals surface area contributed by atoms with Crippen molar-refractivity contribution in [1.82, 2.24) is 34.8 Å². The molecule has 3 aliphatic rings. The summed E-state index contributed by atoms with van der Waals surface area (Å²) in [6.45, 7) is 12.4. The number of aliphatic carboxylic acids is 1. The number of ether oxygens (including phenoxy) is 3. The molecule has 2 N–H and O–H groups in total. The van der Waals surface area contributed by atoms with Crippen molar-refractivity contribution in [2.24, 2.45) is 16.3 Å². The average Bonchev–Trinajstić information content (AvgIpc) is 4.04. The van der Waals surface area contributed by atoms with Crippen molar-refractivity contribution in [2.45, 2.75) is 72.6 Å². The highest BCUT2D eigenvalue weighted by Gasteiger charge is 2.44. The normalized spacial score (nSPS) is 17.0. The third kappa shape index (κ3) is 10.3. The number of aryl methyl sites for hydroxylation is 1. The van der Waals surface area contributed by atoms with E-state index in [-0.39, 0.29) is 31.4 Å². The van der Waals surface area contributed by atoms with Crippen molar-refractivity contribution in [2.75, 3.05) is 39.6 Å². The first-order chi connectivity index (χ1) is 32.2. The highest BCUT2D eigenvalue weighted by atomic mass is 35.5. The molecule has 8 rings (SSSR count). The second-order valence-electron chi connectivity index (χ2n) is 17.3. The number of amides is 3. The number of nitrogens with one attached hydrogen (secondary N) is 1. The maximum Gasteiger partial charge on any atom is 0.309 e. The fraction of sp³-hybridized carbons (Fsp3) is 0.388. The summed E-state index contributed by atoms with van der Waals surface area (Å²) in [5, 5.41) is 27.6. The Morgan fingerprint density at radius 1 is 0.985 bits per heavy atom. The van der Waals surface area contributed by atoms with Gasteiger partial charge in [-0.15, -0.1) is 21.5 Å². The maximum atomic E-state index is 13.1. The topological polar surface area (TPSA) is 192 Å². The molecule has 346 valence electrons. The number of benzene rings is 2. The second-order valence-corrected chi connectivity index (χ2v) is 18.8. The number of nitrogens with zero attached hydrogens (tertiary/aromatic N) is 7. The molecule has 16 nitrogen and oxygen atoms in total. The van der Waals surface area contributed by atoms with E-state index in [2.05, 4.69) is 44.3 Å². The Balaban J connectivity index is 0.816. The van der Waals surface area contributed by atoms with Crippen molar-refractivity contribution in [3.63, 3.8) is 0 Å². The zero-order valence-electron chi connectivity index (χ0n) is 37.7. The minimum Gasteiger partial charge on any atom is -0.481 e. The number of aromatic nitrogens is 5. The fourth-order valence-electron chi connectivity index (χ4n) is 8.40. The number of carbonyl (C=O) groups is 4. The Morgan fingerprint density at radius 2 is 1.73 bits per heavy atom. The van der Waals surface area contributed by atoms with Gasteiger partial charge in [0.15, 0.2) is 5.82 Å². The van der Waals surface area contributed by atoms with Crippen LogP contribution in [-0.4, -0.2) is 110 Å². The van der Waals surface area contributed by atoms with Crippen molar-refractivity contribution in [3.8, 4) is 28.7 Å². The lowest BCUT2D eigenvalue weighted by Gasteiger charge is -2.31. The molecule has 0 spiro atoms. The molecule has 2 aromatic carbocycles. The third-order valence-electron chi connectivity index (χ3n) is 11.7. The Bertz CT molecular complexity index is 2890. The first-order valence-corrected chi connectivity index (χ1v) is 23.0. The van der Waals surface area contributed by atoms with Crippen molar-refractivity contribution in [3.05, 3.63) is 115 Å². The zero-order valence-corrected chi connectivity index (χ0v) is 39.3. The summed E-state index contributed by atoms with van der Waals surface area (Å²) in [5.74, 6) is 10.9. The van der Waals surface area contributed by atoms with Crippen LogP contribution in [0.2, 0.25) is 5.02 Å². The molecule has 0 radical (unpaired) electrons. The van der Waals surface area contributed by atoms with E-state index in [1.807, 2.05) is 63.6 Å². The number of rotatable bonds is 14. The molecular formula is C49H49ClN8O8S. The molecular weight excluding hydrogens is 896 g/mol. The molecule has 3 amide bonds. The number of hydrogen-bond donors (Lipinski definition) is 2. The van der Waals surface area contributed by atoms with Crippen LogP contribution in [-0.2, 0) is 41.7 Å². The van der Waals surface area contributed by atoms with Crippen LogP contribution in [0, 0.1) is 48.9 Å². The lowest BCUT2D eigenvalue weighted by Crippen LogP contribution is -2.52. The minimum atomic E-state index is -0.962. The lowest BCUT2D eigenvalue weighted by molar-refractivity contribution is -0.146. The number of hydrogen-bond acceptors (Lipinski definition) is 12. The molecule has 3 aromatic heterocycles. The number of carboxylic acid groups (broad SMARTS) is 1. The number of thiophene rings is 1. The fourth-order valence-corrected chi connectivity index (χ4v) is 9.75. The standard InChI is InChI=1S/C49H49ClN8O8S/c1-29-38(67-47-40(29)42(33-12-14-34(50)15-13-33)53-43(41(48(62)63)49(3,4)5)44-55-54-30(2)58(44)47)17-11-31-26-51-56(27-31)19-21-65-23-25-66-24-22-64-20-7-9-32-8-6-10-35-36(32)28-57(46(35)61)37-16-18-39(59)52-45(37)60/h6,8,10,12-15,26-27,37,41,43H,16,18-25,28H2,1-5H3,(H,62,63)(H,52,59,60)/t37?,41?,43-/m0/s1. The average molecular weight is 945 g/mol. The van der Waals surface area contributed by atoms with Gasteiger partial charge in [0.2, 0.25) is 11.8 Å². The number of aliphatic imine (C=N–C) groups is 1. The molecule has 6 heterocycles. The third-order valence-corrected chi connectivity index (χ3v) is 13.2. The quantitative estimate of drug-likeness (QED) is 0.0789. The SMILES string of the molecule is Cc1c(C#Cc2cnn(CCOCCOCCOCC#Cc3cccc4c3CN(C3CCC(=O)NC3=O)C4=O)c2)sc2c1C(c1ccc(Cl)cc1)=N[C@@H](C(C(=O)O)C(C)(C)C)c1nnc(C)n1-2. The summed E-state index contributed by atoms with van der Waals surface area (Å²) < 4.78 is 20.7. The van der Waals surface area contributed by atoms with E-state index in [1.165, 1.54) is 16.2 Å². The smallest absolute Gasteiger partial charge is 0.309 e. The highest BCUT2D eigenvalue weighted by Crippen LogP contribution is 2.45. The number of halogens is 1. The lowest BCUT2D eigenvalue weighted by atomic mass is 9.76. The van der Waals surface area contributed by atoms with Gasteiger partial charge in [0.25, 0.3) is 5.91 Å². The van der Waals surface area contributed by atoms with E-state index in [9.17, 15) is 24.3 Å². The maximum absolute atomic E-state index is 13.1. The van der Waals surface area contributed by atoms with Crippen LogP contribution < -0.4 is 5.32 Å². The Kier molecular flexibility index (Phi) is 14.2. The van der Waals surface area contributed by atoms with Gasteiger partial charge in [-0.05, 0) is 61.1 Å². The monoisotopic (exact) mass is 944 g/mol. The first kappa shape index (κ1) is 47.0. The summed E-state index contributed by atoms with van der Waals surface area (Å²) >= 11 is 7.78. The van der Waals surface area contributed by atoms with Crippen LogP contribution in [0.4, 0.5) is 0 Å². The van der Waals surface area contributed by atoms with E-state index >= 15 is 0 Å². The summed E-state index contributed by atoms with van der Waals surface area (Å²) in [5.41, 5.74) is 5.25. The van der Waals surface area contributed by atoms with Gasteiger partial charge < -0.3 is 24.2 Å². The van der Waals surface area contributed by atoms with Gasteiger partial charge in [-0.2, -0.15) is 5.10 Å². The van der Waals surface area contributed by atoms with Gasteiger partial charge in [0.1, 0.15) is 29.5 Å². The van der Waals surface area contributed by atoms with Gasteiger partial charge >= 0.3 is 5.97 Å². The van der Waals surface area contributed by atoms with E-state index in [0.717, 1.165) is 37.7 Å². The summed E-state index contributed by atoms with van der Waals surface area (Å²) in [4.78, 5) is 57.5. The summed E-state index contributed by atoms with van der Waals surface area (Å²) in [6, 6.07) is 11.2. The summed E-state index contributed by atoms with van der Waals surface area (Å²) in [7, 11) is 0. The molecule has 0 bridgehead atoms. The van der Waals surface area contributed by atoms with Gasteiger partial charge in [-0.25, -0.2) is 0 Å². The van der Waals surface area contributed by atoms with Crippen LogP contribution in [0.5, 0.6) is 0 Å². The van der Waals surface area contributed by atoms with Crippen LogP contribution >= 0.6 is 22.9 Å². The molecule has 1 fully saturated rings. The van der Waals surface area contributed by atoms with E-state index < -0.39 is 35.3 Å². The number of imide groups is 1. The van der Waals surface area contributed by atoms with Crippen LogP contribution in [0.25, 0.3) is 5.00 Å². The number of carbonyl (C=O) groups excluding carboxylic acids is 3. The van der Waals surface area contributed by atoms with Gasteiger partial charge in [0, 0.05) is 46.4 Å². The van der Waals surface area contributed by atoms with E-state index in [1.54, 1.807) is 35.1 Å². The molecule has 0 saturated carbocycles. The van der Waals surface area contributed by atoms with E-state index in [0.29, 0.717) is 79.5 Å². The van der Waals surface area contributed by atoms with Crippen molar-refractivity contribution < 1.29 is 38.5 Å². The Labute approximate surface area is 396 Å². The van der Waals surface area contributed by atoms with Crippen LogP contribution in [0.3, 0.4) is 0 Å². The molecule has 5 aromatic rings. The van der Waals surface area contributed by atoms with Crippen LogP contribution in [0.15, 0.2) is 59.9 Å². The molecule has 67 heavy (non-hydrogen) atoms. The van der Waals surface area contributed by atoms with Gasteiger partial charge in [-0.3, -0.25) is 38.7 Å². The molecule has 1 saturated heterocycles. The Morgan fingerprint density at radius 3 is 2.46 bits per heavy atom. The highest BCUT2D eigenvalue weighted by molar-refractivity contribution is 7.15.